The number of H-pyrrole nitrogens is 1. The summed E-state index contributed by atoms with van der Waals surface area (Å²) in [6, 6.07) is 12.1. The maximum absolute atomic E-state index is 9.45. The number of nitriles is 1. The first-order valence-electron chi connectivity index (χ1n) is 10.6. The van der Waals surface area contributed by atoms with E-state index in [4.69, 9.17) is 10.1 Å². The average Bonchev–Trinajstić information content (AvgIpc) is 3.53. The zero-order valence-electron chi connectivity index (χ0n) is 17.8. The molecule has 0 radical (unpaired) electrons. The minimum Gasteiger partial charge on any atom is -0.313 e. The predicted octanol–water partition coefficient (Wildman–Crippen LogP) is 3.46. The van der Waals surface area contributed by atoms with Gasteiger partial charge in [0.25, 0.3) is 0 Å². The lowest BCUT2D eigenvalue weighted by molar-refractivity contribution is 0.613. The van der Waals surface area contributed by atoms with Gasteiger partial charge in [-0.15, -0.1) is 10.2 Å². The van der Waals surface area contributed by atoms with Gasteiger partial charge in [-0.3, -0.25) is 0 Å². The number of nitrogens with one attached hydrogen (secondary N) is 1. The number of aromatic amines is 1. The Balaban J connectivity index is 1.59. The molecule has 0 aliphatic heterocycles. The number of tetrazole rings is 1. The largest absolute Gasteiger partial charge is 0.313 e. The molecule has 4 rings (SSSR count). The van der Waals surface area contributed by atoms with E-state index in [9.17, 15) is 5.26 Å². The van der Waals surface area contributed by atoms with Gasteiger partial charge in [-0.05, 0) is 41.8 Å². The molecule has 158 valence electrons. The van der Waals surface area contributed by atoms with Crippen molar-refractivity contribution < 1.29 is 0 Å². The summed E-state index contributed by atoms with van der Waals surface area (Å²) < 4.78 is 3.93. The van der Waals surface area contributed by atoms with Crippen molar-refractivity contribution in [2.75, 3.05) is 0 Å². The summed E-state index contributed by atoms with van der Waals surface area (Å²) >= 11 is 0. The van der Waals surface area contributed by atoms with Gasteiger partial charge in [0.1, 0.15) is 17.6 Å². The van der Waals surface area contributed by atoms with E-state index in [2.05, 4.69) is 52.7 Å². The molecule has 0 saturated heterocycles. The second kappa shape index (κ2) is 9.34. The second-order valence-electron chi connectivity index (χ2n) is 7.42. The van der Waals surface area contributed by atoms with Crippen LogP contribution in [0.4, 0.5) is 0 Å². The van der Waals surface area contributed by atoms with Gasteiger partial charge in [-0.25, -0.2) is 9.67 Å². The van der Waals surface area contributed by atoms with Crippen LogP contribution in [0.1, 0.15) is 55.9 Å². The lowest BCUT2D eigenvalue weighted by atomic mass is 10.2. The van der Waals surface area contributed by atoms with E-state index in [-0.39, 0.29) is 0 Å². The summed E-state index contributed by atoms with van der Waals surface area (Å²) in [5.74, 6) is 2.36. The van der Waals surface area contributed by atoms with Crippen LogP contribution in [-0.2, 0) is 19.4 Å². The fourth-order valence-corrected chi connectivity index (χ4v) is 3.56. The van der Waals surface area contributed by atoms with Gasteiger partial charge in [0.05, 0.1) is 12.1 Å². The standard InChI is InChI=1S/C22H25N9/c1-3-5-7-20-24-19(6-4-2)27-31(20)15-16-8-10-18(11-9-16)30-13-12-17(14-23)21(30)22-25-28-29-26-22/h8-13H,3-7,15H2,1-2H3,(H,25,26,28,29). The highest BCUT2D eigenvalue weighted by molar-refractivity contribution is 5.64. The van der Waals surface area contributed by atoms with Gasteiger partial charge in [-0.2, -0.15) is 15.6 Å². The van der Waals surface area contributed by atoms with Crippen LogP contribution in [0.25, 0.3) is 17.2 Å². The lowest BCUT2D eigenvalue weighted by Crippen LogP contribution is -2.07. The maximum Gasteiger partial charge on any atom is 0.222 e. The highest BCUT2D eigenvalue weighted by atomic mass is 15.5. The molecular weight excluding hydrogens is 390 g/mol. The van der Waals surface area contributed by atoms with E-state index in [1.807, 2.05) is 27.6 Å². The van der Waals surface area contributed by atoms with Gasteiger partial charge in [0, 0.05) is 24.7 Å². The minimum absolute atomic E-state index is 0.386. The van der Waals surface area contributed by atoms with E-state index in [1.54, 1.807) is 6.07 Å². The van der Waals surface area contributed by atoms with E-state index in [0.29, 0.717) is 23.6 Å². The summed E-state index contributed by atoms with van der Waals surface area (Å²) in [5.41, 5.74) is 3.17. The molecule has 0 fully saturated rings. The smallest absolute Gasteiger partial charge is 0.222 e. The summed E-state index contributed by atoms with van der Waals surface area (Å²) in [6.07, 6.45) is 6.97. The first-order chi connectivity index (χ1) is 15.2. The van der Waals surface area contributed by atoms with Crippen molar-refractivity contribution in [1.29, 1.82) is 5.26 Å². The molecule has 1 N–H and O–H groups in total. The number of hydrogen-bond acceptors (Lipinski definition) is 6. The molecule has 31 heavy (non-hydrogen) atoms. The van der Waals surface area contributed by atoms with Crippen molar-refractivity contribution in [2.45, 2.75) is 52.5 Å². The van der Waals surface area contributed by atoms with Gasteiger partial charge >= 0.3 is 0 Å². The average molecular weight is 416 g/mol. The molecule has 0 amide bonds. The van der Waals surface area contributed by atoms with Crippen LogP contribution in [0.3, 0.4) is 0 Å². The maximum atomic E-state index is 9.45. The van der Waals surface area contributed by atoms with Crippen LogP contribution in [0.15, 0.2) is 36.5 Å². The Morgan fingerprint density at radius 2 is 1.90 bits per heavy atom. The summed E-state index contributed by atoms with van der Waals surface area (Å²) in [5, 5.41) is 28.3. The zero-order valence-corrected chi connectivity index (χ0v) is 17.8. The zero-order chi connectivity index (χ0) is 21.6. The Morgan fingerprint density at radius 3 is 2.58 bits per heavy atom. The van der Waals surface area contributed by atoms with Crippen LogP contribution in [-0.4, -0.2) is 40.0 Å². The van der Waals surface area contributed by atoms with Crippen molar-refractivity contribution in [2.24, 2.45) is 0 Å². The number of benzene rings is 1. The number of aromatic nitrogens is 8. The predicted molar refractivity (Wildman–Crippen MR) is 115 cm³/mol. The van der Waals surface area contributed by atoms with Crippen LogP contribution in [0.2, 0.25) is 0 Å². The Kier molecular flexibility index (Phi) is 6.17. The SMILES string of the molecule is CCCCc1nc(CCC)nn1Cc1ccc(-n2ccc(C#N)c2-c2nn[nH]n2)cc1. The van der Waals surface area contributed by atoms with E-state index in [1.165, 1.54) is 0 Å². The van der Waals surface area contributed by atoms with Crippen molar-refractivity contribution in [3.05, 3.63) is 59.3 Å². The van der Waals surface area contributed by atoms with Gasteiger partial charge < -0.3 is 4.57 Å². The molecule has 0 bridgehead atoms. The van der Waals surface area contributed by atoms with Crippen LogP contribution in [0.5, 0.6) is 0 Å². The van der Waals surface area contributed by atoms with Crippen LogP contribution >= 0.6 is 0 Å². The fraction of sp³-hybridized carbons (Fsp3) is 0.364. The van der Waals surface area contributed by atoms with Gasteiger partial charge in [0.15, 0.2) is 5.82 Å². The second-order valence-corrected chi connectivity index (χ2v) is 7.42. The monoisotopic (exact) mass is 415 g/mol. The Hall–Kier alpha value is -3.80. The summed E-state index contributed by atoms with van der Waals surface area (Å²) in [7, 11) is 0. The number of unbranched alkanes of at least 4 members (excludes halogenated alkanes) is 1. The fourth-order valence-electron chi connectivity index (χ4n) is 3.56. The molecule has 0 spiro atoms. The molecule has 3 heterocycles. The highest BCUT2D eigenvalue weighted by Crippen LogP contribution is 2.25. The van der Waals surface area contributed by atoms with Crippen molar-refractivity contribution >= 4 is 0 Å². The Bertz CT molecular complexity index is 1160. The molecule has 0 atom stereocenters. The molecule has 3 aromatic heterocycles. The normalized spacial score (nSPS) is 11.0. The Labute approximate surface area is 180 Å². The van der Waals surface area contributed by atoms with Gasteiger partial charge in [-0.1, -0.05) is 32.4 Å². The highest BCUT2D eigenvalue weighted by Gasteiger charge is 2.16. The molecule has 4 aromatic rings. The number of rotatable bonds is 9. The molecule has 9 nitrogen and oxygen atoms in total. The summed E-state index contributed by atoms with van der Waals surface area (Å²) in [6.45, 7) is 5.02. The minimum atomic E-state index is 0.386. The first kappa shape index (κ1) is 20.5. The van der Waals surface area contributed by atoms with Crippen LogP contribution < -0.4 is 0 Å². The molecular formula is C22H25N9. The third kappa shape index (κ3) is 4.38. The van der Waals surface area contributed by atoms with E-state index >= 15 is 0 Å². The molecule has 0 aliphatic carbocycles. The summed E-state index contributed by atoms with van der Waals surface area (Å²) in [4.78, 5) is 4.75. The molecule has 9 heteroatoms. The van der Waals surface area contributed by atoms with E-state index in [0.717, 1.165) is 55.0 Å². The number of hydrogen-bond donors (Lipinski definition) is 1. The van der Waals surface area contributed by atoms with Crippen molar-refractivity contribution in [3.63, 3.8) is 0 Å². The third-order valence-electron chi connectivity index (χ3n) is 5.13. The molecule has 0 saturated carbocycles. The Morgan fingerprint density at radius 1 is 1.06 bits per heavy atom. The van der Waals surface area contributed by atoms with Crippen molar-refractivity contribution in [1.82, 2.24) is 40.0 Å². The number of aryl methyl sites for hydroxylation is 2. The quantitative estimate of drug-likeness (QED) is 0.448. The number of nitrogens with zero attached hydrogens (tertiary/aromatic N) is 8. The van der Waals surface area contributed by atoms with E-state index < -0.39 is 0 Å². The molecule has 0 aliphatic rings. The van der Waals surface area contributed by atoms with Crippen molar-refractivity contribution in [3.8, 4) is 23.3 Å². The van der Waals surface area contributed by atoms with Crippen LogP contribution in [0, 0.1) is 11.3 Å². The molecule has 1 aromatic carbocycles. The lowest BCUT2D eigenvalue weighted by Gasteiger charge is -2.10. The topological polar surface area (TPSA) is 114 Å². The third-order valence-corrected chi connectivity index (χ3v) is 5.13. The first-order valence-corrected chi connectivity index (χ1v) is 10.6. The van der Waals surface area contributed by atoms with Gasteiger partial charge in [0.2, 0.25) is 5.82 Å². The molecule has 0 unspecified atom stereocenters.